The number of esters is 1. The number of nitrogen functional groups attached to an aromatic ring is 1. The zero-order valence-corrected chi connectivity index (χ0v) is 16.6. The fourth-order valence-corrected chi connectivity index (χ4v) is 3.46. The number of carbonyl (C=O) groups excluding carboxylic acids is 1. The molecule has 0 saturated carbocycles. The molecule has 4 atom stereocenters. The van der Waals surface area contributed by atoms with Crippen LogP contribution in [-0.4, -0.2) is 51.0 Å². The summed E-state index contributed by atoms with van der Waals surface area (Å²) in [6, 6.07) is 1.31. The van der Waals surface area contributed by atoms with E-state index in [1.54, 1.807) is 0 Å². The van der Waals surface area contributed by atoms with Gasteiger partial charge in [0.25, 0.3) is 0 Å². The van der Waals surface area contributed by atoms with Crippen molar-refractivity contribution in [2.75, 3.05) is 18.2 Å². The van der Waals surface area contributed by atoms with Crippen molar-refractivity contribution in [1.29, 1.82) is 0 Å². The molecule has 1 aromatic heterocycles. The van der Waals surface area contributed by atoms with Gasteiger partial charge in [0, 0.05) is 12.6 Å². The smallest absolute Gasteiger partial charge is 0.351 e. The molecule has 1 aliphatic rings. The zero-order valence-electron chi connectivity index (χ0n) is 15.9. The molecule has 0 amide bonds. The Morgan fingerprint density at radius 2 is 2.18 bits per heavy atom. The number of nitrogens with zero attached hydrogens (tertiary/aromatic N) is 2. The van der Waals surface area contributed by atoms with E-state index in [2.05, 4.69) is 11.9 Å². The first-order chi connectivity index (χ1) is 13.4. The van der Waals surface area contributed by atoms with Crippen LogP contribution in [0.5, 0.6) is 0 Å². The highest BCUT2D eigenvalue weighted by Crippen LogP contribution is 2.41. The Bertz CT molecular complexity index is 713. The quantitative estimate of drug-likeness (QED) is 0.338. The summed E-state index contributed by atoms with van der Waals surface area (Å²) in [7, 11) is 0. The largest absolute Gasteiger partial charge is 0.456 e. The molecule has 1 fully saturated rings. The van der Waals surface area contributed by atoms with Crippen LogP contribution >= 0.6 is 11.6 Å². The maximum absolute atomic E-state index is 15.1. The van der Waals surface area contributed by atoms with Crippen LogP contribution in [0.3, 0.4) is 0 Å². The number of rotatable bonds is 10. The highest BCUT2D eigenvalue weighted by Gasteiger charge is 2.58. The molecule has 0 radical (unpaired) electrons. The van der Waals surface area contributed by atoms with E-state index >= 15 is 4.39 Å². The van der Waals surface area contributed by atoms with Gasteiger partial charge in [-0.25, -0.2) is 9.18 Å². The van der Waals surface area contributed by atoms with Crippen LogP contribution in [0.1, 0.15) is 51.7 Å². The summed E-state index contributed by atoms with van der Waals surface area (Å²) in [6.07, 6.45) is 1.23. The second-order valence-corrected chi connectivity index (χ2v) is 7.19. The topological polar surface area (TPSA) is 117 Å². The van der Waals surface area contributed by atoms with Gasteiger partial charge >= 0.3 is 11.7 Å². The number of unbranched alkanes of at least 4 members (excludes halogenated alkanes) is 4. The summed E-state index contributed by atoms with van der Waals surface area (Å²) < 4.78 is 26.9. The van der Waals surface area contributed by atoms with Gasteiger partial charge in [-0.15, -0.1) is 11.6 Å². The zero-order chi connectivity index (χ0) is 20.7. The third-order valence-corrected chi connectivity index (χ3v) is 5.25. The van der Waals surface area contributed by atoms with E-state index in [1.807, 2.05) is 0 Å². The monoisotopic (exact) mass is 419 g/mol. The second-order valence-electron chi connectivity index (χ2n) is 6.93. The minimum absolute atomic E-state index is 0.0218. The number of aliphatic hydroxyl groups is 1. The van der Waals surface area contributed by atoms with E-state index < -0.39 is 42.4 Å². The van der Waals surface area contributed by atoms with Gasteiger partial charge in [0.15, 0.2) is 18.5 Å². The van der Waals surface area contributed by atoms with Gasteiger partial charge in [-0.05, 0) is 12.5 Å². The standard InChI is InChI=1S/C18H27ClFN3O5/c1-2-3-4-5-6-7-13(25)27-15-14(20)16(28-18(15,10-19)11-24)23-9-8-12(21)22-17(23)26/h8-9,14-16,24H,2-7,10-11H2,1H3,(H2,21,22,26)/t14-,15+,16-,18-/m1/s1. The molecule has 0 spiro atoms. The van der Waals surface area contributed by atoms with Gasteiger partial charge in [-0.3, -0.25) is 9.36 Å². The first-order valence-electron chi connectivity index (χ1n) is 9.41. The number of halogens is 2. The number of hydrogen-bond acceptors (Lipinski definition) is 7. The Balaban J connectivity index is 2.12. The lowest BCUT2D eigenvalue weighted by atomic mass is 9.98. The van der Waals surface area contributed by atoms with Gasteiger partial charge < -0.3 is 20.3 Å². The number of ether oxygens (including phenoxy) is 2. The summed E-state index contributed by atoms with van der Waals surface area (Å²) in [5.41, 5.74) is 2.96. The van der Waals surface area contributed by atoms with Gasteiger partial charge in [-0.1, -0.05) is 32.6 Å². The van der Waals surface area contributed by atoms with Gasteiger partial charge in [-0.2, -0.15) is 4.98 Å². The van der Waals surface area contributed by atoms with Crippen molar-refractivity contribution < 1.29 is 23.8 Å². The normalized spacial score (nSPS) is 27.1. The molecule has 1 saturated heterocycles. The van der Waals surface area contributed by atoms with Crippen LogP contribution in [-0.2, 0) is 14.3 Å². The number of carbonyl (C=O) groups is 1. The van der Waals surface area contributed by atoms with Gasteiger partial charge in [0.2, 0.25) is 0 Å². The maximum Gasteiger partial charge on any atom is 0.351 e. The van der Waals surface area contributed by atoms with Crippen molar-refractivity contribution in [2.45, 2.75) is 69.6 Å². The van der Waals surface area contributed by atoms with Gasteiger partial charge in [0.05, 0.1) is 12.5 Å². The number of hydrogen-bond donors (Lipinski definition) is 2. The first kappa shape index (κ1) is 22.6. The van der Waals surface area contributed by atoms with Gasteiger partial charge in [0.1, 0.15) is 11.4 Å². The second kappa shape index (κ2) is 10.2. The lowest BCUT2D eigenvalue weighted by molar-refractivity contribution is -0.165. The Kier molecular flexibility index (Phi) is 8.21. The van der Waals surface area contributed by atoms with E-state index in [1.165, 1.54) is 12.3 Å². The fourth-order valence-electron chi connectivity index (χ4n) is 3.16. The molecule has 2 rings (SSSR count). The van der Waals surface area contributed by atoms with Crippen molar-refractivity contribution >= 4 is 23.4 Å². The summed E-state index contributed by atoms with van der Waals surface area (Å²) in [5.74, 6) is -0.947. The molecule has 2 heterocycles. The SMILES string of the molecule is CCCCCCCC(=O)O[C@H]1[C@@H](F)[C@H](n2ccc(N)nc2=O)O[C@@]1(CO)CCl. The number of aliphatic hydroxyl groups excluding tert-OH is 1. The lowest BCUT2D eigenvalue weighted by Crippen LogP contribution is -2.49. The minimum atomic E-state index is -1.92. The Morgan fingerprint density at radius 3 is 2.79 bits per heavy atom. The average Bonchev–Trinajstić information content (AvgIpc) is 2.94. The van der Waals surface area contributed by atoms with Crippen molar-refractivity contribution in [3.8, 4) is 0 Å². The molecule has 28 heavy (non-hydrogen) atoms. The molecular formula is C18H27ClFN3O5. The van der Waals surface area contributed by atoms with E-state index in [-0.39, 0.29) is 18.1 Å². The number of alkyl halides is 2. The van der Waals surface area contributed by atoms with Crippen LogP contribution in [0.15, 0.2) is 17.1 Å². The Morgan fingerprint density at radius 1 is 1.46 bits per heavy atom. The predicted octanol–water partition coefficient (Wildman–Crippen LogP) is 1.93. The molecule has 0 bridgehead atoms. The third kappa shape index (κ3) is 5.01. The number of nitrogens with two attached hydrogens (primary N) is 1. The Hall–Kier alpha value is -1.71. The Labute approximate surface area is 167 Å². The summed E-state index contributed by atoms with van der Waals surface area (Å²) >= 11 is 5.92. The summed E-state index contributed by atoms with van der Waals surface area (Å²) in [6.45, 7) is 1.41. The molecule has 1 aromatic rings. The van der Waals surface area contributed by atoms with Crippen LogP contribution in [0.2, 0.25) is 0 Å². The van der Waals surface area contributed by atoms with E-state index in [0.29, 0.717) is 6.42 Å². The van der Waals surface area contributed by atoms with Crippen LogP contribution < -0.4 is 11.4 Å². The molecule has 8 nitrogen and oxygen atoms in total. The highest BCUT2D eigenvalue weighted by molar-refractivity contribution is 6.18. The minimum Gasteiger partial charge on any atom is -0.456 e. The molecule has 0 aliphatic carbocycles. The highest BCUT2D eigenvalue weighted by atomic mass is 35.5. The number of anilines is 1. The first-order valence-corrected chi connectivity index (χ1v) is 9.95. The molecule has 1 aliphatic heterocycles. The fraction of sp³-hybridized carbons (Fsp3) is 0.722. The maximum atomic E-state index is 15.1. The number of aromatic nitrogens is 2. The lowest BCUT2D eigenvalue weighted by Gasteiger charge is -2.29. The third-order valence-electron chi connectivity index (χ3n) is 4.80. The van der Waals surface area contributed by atoms with Crippen molar-refractivity contribution in [1.82, 2.24) is 9.55 Å². The molecule has 10 heteroatoms. The molecule has 0 unspecified atom stereocenters. The molecule has 3 N–H and O–H groups in total. The molecular weight excluding hydrogens is 393 g/mol. The molecule has 158 valence electrons. The summed E-state index contributed by atoms with van der Waals surface area (Å²) in [5, 5.41) is 9.78. The predicted molar refractivity (Wildman–Crippen MR) is 102 cm³/mol. The van der Waals surface area contributed by atoms with Crippen molar-refractivity contribution in [3.63, 3.8) is 0 Å². The van der Waals surface area contributed by atoms with Crippen LogP contribution in [0, 0.1) is 0 Å². The summed E-state index contributed by atoms with van der Waals surface area (Å²) in [4.78, 5) is 27.8. The van der Waals surface area contributed by atoms with E-state index in [4.69, 9.17) is 26.8 Å². The van der Waals surface area contributed by atoms with E-state index in [9.17, 15) is 14.7 Å². The van der Waals surface area contributed by atoms with Crippen LogP contribution in [0.4, 0.5) is 10.2 Å². The molecule has 0 aromatic carbocycles. The average molecular weight is 420 g/mol. The van der Waals surface area contributed by atoms with Crippen molar-refractivity contribution in [2.24, 2.45) is 0 Å². The van der Waals surface area contributed by atoms with Crippen LogP contribution in [0.25, 0.3) is 0 Å². The van der Waals surface area contributed by atoms with E-state index in [0.717, 1.165) is 30.3 Å². The van der Waals surface area contributed by atoms with Crippen molar-refractivity contribution in [3.05, 3.63) is 22.7 Å².